The number of aliphatic hydroxyl groups is 1. The van der Waals surface area contributed by atoms with E-state index < -0.39 is 6.10 Å². The minimum Gasteiger partial charge on any atom is -0.389 e. The van der Waals surface area contributed by atoms with E-state index >= 15 is 0 Å². The lowest BCUT2D eigenvalue weighted by molar-refractivity contribution is 0.0435. The minimum atomic E-state index is -0.448. The van der Waals surface area contributed by atoms with Gasteiger partial charge in [-0.15, -0.1) is 0 Å². The number of fused-ring (bicyclic) bond motifs is 1. The molecule has 0 spiro atoms. The largest absolute Gasteiger partial charge is 0.389 e. The molecule has 0 saturated carbocycles. The van der Waals surface area contributed by atoms with Crippen LogP contribution in [0.3, 0.4) is 0 Å². The van der Waals surface area contributed by atoms with Crippen LogP contribution in [0.25, 0.3) is 0 Å². The standard InChI is InChI=1S/C17H27NO2/c1-5-20-12-14(19)11-18-16-9-7-6-8-15(16)13(2)10-17(18,3)4/h6-9,13-14,19H,5,10-12H2,1-4H3. The lowest BCUT2D eigenvalue weighted by Gasteiger charge is -2.48. The Morgan fingerprint density at radius 1 is 1.40 bits per heavy atom. The molecule has 1 aliphatic rings. The molecule has 1 heterocycles. The van der Waals surface area contributed by atoms with Crippen molar-refractivity contribution in [3.05, 3.63) is 29.8 Å². The number of ether oxygens (including phenoxy) is 1. The fourth-order valence-corrected chi connectivity index (χ4v) is 3.31. The average Bonchev–Trinajstić information content (AvgIpc) is 2.40. The van der Waals surface area contributed by atoms with Gasteiger partial charge in [0.25, 0.3) is 0 Å². The van der Waals surface area contributed by atoms with Gasteiger partial charge in [0.05, 0.1) is 12.7 Å². The molecule has 0 saturated heterocycles. The summed E-state index contributed by atoms with van der Waals surface area (Å²) in [5.41, 5.74) is 2.70. The number of hydrogen-bond donors (Lipinski definition) is 1. The zero-order valence-corrected chi connectivity index (χ0v) is 13.1. The second kappa shape index (κ2) is 6.15. The lowest BCUT2D eigenvalue weighted by atomic mass is 9.80. The molecule has 0 bridgehead atoms. The molecule has 0 aliphatic carbocycles. The summed E-state index contributed by atoms with van der Waals surface area (Å²) >= 11 is 0. The van der Waals surface area contributed by atoms with Gasteiger partial charge in [-0.3, -0.25) is 0 Å². The quantitative estimate of drug-likeness (QED) is 0.897. The highest BCUT2D eigenvalue weighted by atomic mass is 16.5. The van der Waals surface area contributed by atoms with E-state index in [2.05, 4.69) is 49.9 Å². The second-order valence-electron chi connectivity index (χ2n) is 6.40. The first kappa shape index (κ1) is 15.3. The second-order valence-corrected chi connectivity index (χ2v) is 6.40. The predicted octanol–water partition coefficient (Wildman–Crippen LogP) is 3.18. The molecule has 3 nitrogen and oxygen atoms in total. The molecule has 0 radical (unpaired) electrons. The third-order valence-corrected chi connectivity index (χ3v) is 4.20. The van der Waals surface area contributed by atoms with Crippen molar-refractivity contribution in [2.45, 2.75) is 51.7 Å². The van der Waals surface area contributed by atoms with Gasteiger partial charge >= 0.3 is 0 Å². The zero-order chi connectivity index (χ0) is 14.8. The van der Waals surface area contributed by atoms with Crippen molar-refractivity contribution in [2.75, 3.05) is 24.7 Å². The first-order valence-corrected chi connectivity index (χ1v) is 7.58. The van der Waals surface area contributed by atoms with Crippen LogP contribution < -0.4 is 4.90 Å². The Morgan fingerprint density at radius 3 is 2.80 bits per heavy atom. The van der Waals surface area contributed by atoms with Crippen LogP contribution in [0, 0.1) is 0 Å². The maximum atomic E-state index is 10.2. The van der Waals surface area contributed by atoms with Gasteiger partial charge in [-0.25, -0.2) is 0 Å². The van der Waals surface area contributed by atoms with Crippen LogP contribution >= 0.6 is 0 Å². The van der Waals surface area contributed by atoms with Crippen molar-refractivity contribution in [1.29, 1.82) is 0 Å². The molecule has 1 N–H and O–H groups in total. The molecular weight excluding hydrogens is 250 g/mol. The van der Waals surface area contributed by atoms with Crippen LogP contribution in [-0.2, 0) is 4.74 Å². The molecular formula is C17H27NO2. The van der Waals surface area contributed by atoms with Crippen molar-refractivity contribution in [3.63, 3.8) is 0 Å². The number of nitrogens with zero attached hydrogens (tertiary/aromatic N) is 1. The number of para-hydroxylation sites is 1. The summed E-state index contributed by atoms with van der Waals surface area (Å²) in [7, 11) is 0. The van der Waals surface area contributed by atoms with Crippen molar-refractivity contribution >= 4 is 5.69 Å². The number of benzene rings is 1. The molecule has 2 atom stereocenters. The lowest BCUT2D eigenvalue weighted by Crippen LogP contribution is -2.52. The molecule has 1 aliphatic heterocycles. The highest BCUT2D eigenvalue weighted by Crippen LogP contribution is 2.42. The Balaban J connectivity index is 2.23. The molecule has 1 aromatic carbocycles. The van der Waals surface area contributed by atoms with Crippen LogP contribution in [0.15, 0.2) is 24.3 Å². The van der Waals surface area contributed by atoms with E-state index in [-0.39, 0.29) is 5.54 Å². The summed E-state index contributed by atoms with van der Waals surface area (Å²) in [6.45, 7) is 10.4. The van der Waals surface area contributed by atoms with Crippen molar-refractivity contribution in [2.24, 2.45) is 0 Å². The van der Waals surface area contributed by atoms with E-state index in [0.717, 1.165) is 6.42 Å². The number of aliphatic hydroxyl groups excluding tert-OH is 1. The Hall–Kier alpha value is -1.06. The summed E-state index contributed by atoms with van der Waals surface area (Å²) in [5.74, 6) is 0.557. The number of hydrogen-bond acceptors (Lipinski definition) is 3. The third-order valence-electron chi connectivity index (χ3n) is 4.20. The van der Waals surface area contributed by atoms with Gasteiger partial charge < -0.3 is 14.7 Å². The Labute approximate surface area is 122 Å². The molecule has 2 unspecified atom stereocenters. The van der Waals surface area contributed by atoms with Gasteiger partial charge in [-0.2, -0.15) is 0 Å². The van der Waals surface area contributed by atoms with E-state index in [4.69, 9.17) is 4.74 Å². The van der Waals surface area contributed by atoms with Crippen LogP contribution in [0.4, 0.5) is 5.69 Å². The fraction of sp³-hybridized carbons (Fsp3) is 0.647. The van der Waals surface area contributed by atoms with Crippen molar-refractivity contribution < 1.29 is 9.84 Å². The Morgan fingerprint density at radius 2 is 2.10 bits per heavy atom. The van der Waals surface area contributed by atoms with Crippen LogP contribution in [0.2, 0.25) is 0 Å². The van der Waals surface area contributed by atoms with Gasteiger partial charge in [-0.05, 0) is 44.7 Å². The van der Waals surface area contributed by atoms with Gasteiger partial charge in [0.2, 0.25) is 0 Å². The number of rotatable bonds is 5. The normalized spacial score (nSPS) is 22.4. The molecule has 2 rings (SSSR count). The molecule has 0 aromatic heterocycles. The summed E-state index contributed by atoms with van der Waals surface area (Å²) in [6.07, 6.45) is 0.654. The van der Waals surface area contributed by atoms with Gasteiger partial charge in [-0.1, -0.05) is 25.1 Å². The highest BCUT2D eigenvalue weighted by Gasteiger charge is 2.36. The van der Waals surface area contributed by atoms with Gasteiger partial charge in [0, 0.05) is 24.4 Å². The molecule has 20 heavy (non-hydrogen) atoms. The summed E-state index contributed by atoms with van der Waals surface area (Å²) in [6, 6.07) is 8.55. The number of anilines is 1. The monoisotopic (exact) mass is 277 g/mol. The van der Waals surface area contributed by atoms with E-state index in [9.17, 15) is 5.11 Å². The average molecular weight is 277 g/mol. The highest BCUT2D eigenvalue weighted by molar-refractivity contribution is 5.59. The smallest absolute Gasteiger partial charge is 0.0948 e. The maximum Gasteiger partial charge on any atom is 0.0948 e. The van der Waals surface area contributed by atoms with E-state index in [1.54, 1.807) is 0 Å². The third kappa shape index (κ3) is 3.15. The Bertz CT molecular complexity index is 444. The number of β-amino-alcohol motifs (C(OH)–C–C–N with tert-alkyl or cyclic N) is 1. The van der Waals surface area contributed by atoms with Crippen LogP contribution in [-0.4, -0.2) is 36.5 Å². The predicted molar refractivity (Wildman–Crippen MR) is 83.4 cm³/mol. The fourth-order valence-electron chi connectivity index (χ4n) is 3.31. The van der Waals surface area contributed by atoms with Gasteiger partial charge in [0.15, 0.2) is 0 Å². The molecule has 0 fully saturated rings. The zero-order valence-electron chi connectivity index (χ0n) is 13.1. The summed E-state index contributed by atoms with van der Waals surface area (Å²) < 4.78 is 5.34. The molecule has 0 amide bonds. The SMILES string of the molecule is CCOCC(O)CN1c2ccccc2C(C)CC1(C)C. The van der Waals surface area contributed by atoms with E-state index in [0.29, 0.717) is 25.7 Å². The first-order valence-electron chi connectivity index (χ1n) is 7.58. The summed E-state index contributed by atoms with van der Waals surface area (Å²) in [4.78, 5) is 2.34. The Kier molecular flexibility index (Phi) is 4.71. The maximum absolute atomic E-state index is 10.2. The topological polar surface area (TPSA) is 32.7 Å². The van der Waals surface area contributed by atoms with Crippen LogP contribution in [0.1, 0.15) is 45.6 Å². The first-order chi connectivity index (χ1) is 9.45. The van der Waals surface area contributed by atoms with Crippen molar-refractivity contribution in [3.8, 4) is 0 Å². The van der Waals surface area contributed by atoms with Crippen LogP contribution in [0.5, 0.6) is 0 Å². The minimum absolute atomic E-state index is 0.0565. The molecule has 112 valence electrons. The van der Waals surface area contributed by atoms with E-state index in [1.165, 1.54) is 11.3 Å². The van der Waals surface area contributed by atoms with Gasteiger partial charge in [0.1, 0.15) is 0 Å². The van der Waals surface area contributed by atoms with Crippen molar-refractivity contribution in [1.82, 2.24) is 0 Å². The molecule has 3 heteroatoms. The molecule has 1 aromatic rings. The summed E-state index contributed by atoms with van der Waals surface area (Å²) in [5, 5.41) is 10.2. The van der Waals surface area contributed by atoms with E-state index in [1.807, 2.05) is 6.92 Å².